The lowest BCUT2D eigenvalue weighted by atomic mass is 9.96. The van der Waals surface area contributed by atoms with Crippen LogP contribution in [-0.4, -0.2) is 49.5 Å². The van der Waals surface area contributed by atoms with E-state index in [9.17, 15) is 4.79 Å². The van der Waals surface area contributed by atoms with Crippen molar-refractivity contribution < 1.29 is 9.53 Å². The normalized spacial score (nSPS) is 22.8. The van der Waals surface area contributed by atoms with Crippen molar-refractivity contribution in [3.05, 3.63) is 65.6 Å². The number of fused-ring (bicyclic) bond motifs is 2. The summed E-state index contributed by atoms with van der Waals surface area (Å²) in [7, 11) is 0. The van der Waals surface area contributed by atoms with E-state index < -0.39 is 0 Å². The summed E-state index contributed by atoms with van der Waals surface area (Å²) in [6.07, 6.45) is 7.77. The van der Waals surface area contributed by atoms with Gasteiger partial charge in [-0.25, -0.2) is 4.98 Å². The quantitative estimate of drug-likeness (QED) is 0.645. The zero-order valence-electron chi connectivity index (χ0n) is 15.7. The SMILES string of the molecule is O=C(c1ccccc1-n1nccn1)N1CC2CCC1(COc1ccc(Cl)cn1)C2. The third-order valence-electron chi connectivity index (χ3n) is 5.90. The van der Waals surface area contributed by atoms with E-state index in [0.29, 0.717) is 34.7 Å². The summed E-state index contributed by atoms with van der Waals surface area (Å²) in [6, 6.07) is 11.0. The molecule has 2 fully saturated rings. The van der Waals surface area contributed by atoms with Gasteiger partial charge in [0.1, 0.15) is 6.61 Å². The molecule has 1 saturated heterocycles. The van der Waals surface area contributed by atoms with E-state index in [1.165, 1.54) is 4.80 Å². The molecule has 1 aliphatic heterocycles. The van der Waals surface area contributed by atoms with Crippen molar-refractivity contribution in [3.8, 4) is 11.6 Å². The average molecular weight is 410 g/mol. The van der Waals surface area contributed by atoms with Gasteiger partial charge in [-0.15, -0.1) is 0 Å². The van der Waals surface area contributed by atoms with Crippen LogP contribution in [0.2, 0.25) is 5.02 Å². The highest BCUT2D eigenvalue weighted by Gasteiger charge is 2.53. The number of likely N-dealkylation sites (tertiary alicyclic amines) is 1. The smallest absolute Gasteiger partial charge is 0.256 e. The molecule has 0 N–H and O–H groups in total. The molecule has 2 bridgehead atoms. The molecule has 2 atom stereocenters. The number of ether oxygens (including phenoxy) is 1. The minimum Gasteiger partial charge on any atom is -0.475 e. The molecule has 8 heteroatoms. The fourth-order valence-electron chi connectivity index (χ4n) is 4.54. The summed E-state index contributed by atoms with van der Waals surface area (Å²) in [6.45, 7) is 1.17. The van der Waals surface area contributed by atoms with Gasteiger partial charge >= 0.3 is 0 Å². The topological polar surface area (TPSA) is 73.1 Å². The number of piperidine rings is 1. The molecule has 2 unspecified atom stereocenters. The van der Waals surface area contributed by atoms with Crippen molar-refractivity contribution >= 4 is 17.5 Å². The Bertz CT molecular complexity index is 1020. The van der Waals surface area contributed by atoms with Crippen molar-refractivity contribution in [2.24, 2.45) is 5.92 Å². The molecule has 2 aromatic heterocycles. The van der Waals surface area contributed by atoms with Crippen LogP contribution >= 0.6 is 11.6 Å². The number of rotatable bonds is 5. The molecule has 5 rings (SSSR count). The van der Waals surface area contributed by atoms with Crippen molar-refractivity contribution in [3.63, 3.8) is 0 Å². The Morgan fingerprint density at radius 2 is 2.03 bits per heavy atom. The van der Waals surface area contributed by atoms with Crippen LogP contribution in [0.1, 0.15) is 29.6 Å². The number of benzene rings is 1. The number of carbonyl (C=O) groups is 1. The number of carbonyl (C=O) groups excluding carboxylic acids is 1. The van der Waals surface area contributed by atoms with Crippen LogP contribution in [0, 0.1) is 5.92 Å². The van der Waals surface area contributed by atoms with Crippen LogP contribution < -0.4 is 4.74 Å². The van der Waals surface area contributed by atoms with Crippen LogP contribution in [0.5, 0.6) is 5.88 Å². The maximum absolute atomic E-state index is 13.6. The molecule has 1 aliphatic carbocycles. The standard InChI is InChI=1S/C21H20ClN5O2/c22-16-5-6-19(23-12-16)29-14-21-8-7-15(11-21)13-26(21)20(28)17-3-1-2-4-18(17)27-24-9-10-25-27/h1-6,9-10,12,15H,7-8,11,13-14H2. The first-order chi connectivity index (χ1) is 14.1. The minimum absolute atomic E-state index is 0.00670. The summed E-state index contributed by atoms with van der Waals surface area (Å²) in [5.41, 5.74) is 0.967. The second kappa shape index (κ2) is 7.15. The molecule has 0 radical (unpaired) electrons. The summed E-state index contributed by atoms with van der Waals surface area (Å²) >= 11 is 5.91. The number of halogens is 1. The number of aromatic nitrogens is 4. The molecule has 7 nitrogen and oxygen atoms in total. The van der Waals surface area contributed by atoms with E-state index in [1.807, 2.05) is 29.2 Å². The van der Waals surface area contributed by atoms with E-state index in [1.54, 1.807) is 30.7 Å². The summed E-state index contributed by atoms with van der Waals surface area (Å²) in [5.74, 6) is 1.02. The number of hydrogen-bond acceptors (Lipinski definition) is 5. The van der Waals surface area contributed by atoms with Crippen LogP contribution in [0.15, 0.2) is 55.0 Å². The lowest BCUT2D eigenvalue weighted by molar-refractivity contribution is 0.0394. The van der Waals surface area contributed by atoms with Gasteiger partial charge < -0.3 is 9.64 Å². The molecule has 1 saturated carbocycles. The Balaban J connectivity index is 1.42. The van der Waals surface area contributed by atoms with Gasteiger partial charge in [-0.3, -0.25) is 4.79 Å². The number of pyridine rings is 1. The monoisotopic (exact) mass is 409 g/mol. The highest BCUT2D eigenvalue weighted by molar-refractivity contribution is 6.30. The average Bonchev–Trinajstić information content (AvgIpc) is 3.49. The van der Waals surface area contributed by atoms with Crippen molar-refractivity contribution in [1.82, 2.24) is 24.9 Å². The van der Waals surface area contributed by atoms with Crippen LogP contribution in [0.25, 0.3) is 5.69 Å². The summed E-state index contributed by atoms with van der Waals surface area (Å²) < 4.78 is 5.99. The lowest BCUT2D eigenvalue weighted by Crippen LogP contribution is -2.52. The number of amides is 1. The van der Waals surface area contributed by atoms with Gasteiger partial charge in [-0.1, -0.05) is 23.7 Å². The first kappa shape index (κ1) is 18.1. The Morgan fingerprint density at radius 1 is 1.21 bits per heavy atom. The number of hydrogen-bond donors (Lipinski definition) is 0. The number of nitrogens with zero attached hydrogens (tertiary/aromatic N) is 5. The van der Waals surface area contributed by atoms with E-state index in [2.05, 4.69) is 15.2 Å². The maximum atomic E-state index is 13.6. The zero-order valence-corrected chi connectivity index (χ0v) is 16.5. The van der Waals surface area contributed by atoms with Crippen molar-refractivity contribution in [1.29, 1.82) is 0 Å². The molecule has 1 amide bonds. The molecule has 3 heterocycles. The highest BCUT2D eigenvalue weighted by Crippen LogP contribution is 2.47. The largest absolute Gasteiger partial charge is 0.475 e. The molecular formula is C21H20ClN5O2. The predicted molar refractivity (Wildman–Crippen MR) is 107 cm³/mol. The zero-order chi connectivity index (χ0) is 19.8. The molecule has 3 aromatic rings. The summed E-state index contributed by atoms with van der Waals surface area (Å²) in [4.78, 5) is 21.3. The van der Waals surface area contributed by atoms with Gasteiger partial charge in [0.2, 0.25) is 5.88 Å². The van der Waals surface area contributed by atoms with E-state index in [0.717, 1.165) is 25.8 Å². The molecular weight excluding hydrogens is 390 g/mol. The highest BCUT2D eigenvalue weighted by atomic mass is 35.5. The number of para-hydroxylation sites is 1. The van der Waals surface area contributed by atoms with Gasteiger partial charge in [0.05, 0.1) is 34.2 Å². The first-order valence-electron chi connectivity index (χ1n) is 9.67. The minimum atomic E-state index is -0.312. The Kier molecular flexibility index (Phi) is 4.47. The lowest BCUT2D eigenvalue weighted by Gasteiger charge is -2.38. The molecule has 29 heavy (non-hydrogen) atoms. The van der Waals surface area contributed by atoms with Crippen LogP contribution in [0.3, 0.4) is 0 Å². The molecule has 148 valence electrons. The Morgan fingerprint density at radius 3 is 2.79 bits per heavy atom. The van der Waals surface area contributed by atoms with Crippen LogP contribution in [-0.2, 0) is 0 Å². The second-order valence-electron chi connectivity index (χ2n) is 7.69. The first-order valence-corrected chi connectivity index (χ1v) is 10.0. The van der Waals surface area contributed by atoms with E-state index in [4.69, 9.17) is 16.3 Å². The predicted octanol–water partition coefficient (Wildman–Crippen LogP) is 3.39. The van der Waals surface area contributed by atoms with Gasteiger partial charge in [0, 0.05) is 18.8 Å². The summed E-state index contributed by atoms with van der Waals surface area (Å²) in [5, 5.41) is 8.96. The molecule has 1 aromatic carbocycles. The fraction of sp³-hybridized carbons (Fsp3) is 0.333. The maximum Gasteiger partial charge on any atom is 0.256 e. The van der Waals surface area contributed by atoms with Crippen molar-refractivity contribution in [2.45, 2.75) is 24.8 Å². The van der Waals surface area contributed by atoms with Gasteiger partial charge in [-0.05, 0) is 43.4 Å². The van der Waals surface area contributed by atoms with Gasteiger partial charge in [0.25, 0.3) is 5.91 Å². The third kappa shape index (κ3) is 3.25. The van der Waals surface area contributed by atoms with E-state index in [-0.39, 0.29) is 11.4 Å². The third-order valence-corrected chi connectivity index (χ3v) is 6.13. The molecule has 0 spiro atoms. The Hall–Kier alpha value is -2.93. The molecule has 2 aliphatic rings. The second-order valence-corrected chi connectivity index (χ2v) is 8.12. The Labute approximate surface area is 173 Å². The van der Waals surface area contributed by atoms with Gasteiger partial charge in [-0.2, -0.15) is 15.0 Å². The van der Waals surface area contributed by atoms with Gasteiger partial charge in [0.15, 0.2) is 0 Å². The van der Waals surface area contributed by atoms with Crippen LogP contribution in [0.4, 0.5) is 0 Å². The fourth-order valence-corrected chi connectivity index (χ4v) is 4.66. The van der Waals surface area contributed by atoms with Crippen molar-refractivity contribution in [2.75, 3.05) is 13.2 Å². The van der Waals surface area contributed by atoms with E-state index >= 15 is 0 Å².